The number of benzene rings is 1. The summed E-state index contributed by atoms with van der Waals surface area (Å²) in [6, 6.07) is 7.69. The van der Waals surface area contributed by atoms with Gasteiger partial charge in [0.15, 0.2) is 0 Å². The molecule has 0 aliphatic heterocycles. The quantitative estimate of drug-likeness (QED) is 0.351. The second kappa shape index (κ2) is 13.0. The summed E-state index contributed by atoms with van der Waals surface area (Å²) in [7, 11) is 5.09. The summed E-state index contributed by atoms with van der Waals surface area (Å²) >= 11 is 0. The minimum Gasteiger partial charge on any atom is -0.462 e. The molecule has 0 aliphatic carbocycles. The van der Waals surface area contributed by atoms with Crippen molar-refractivity contribution in [3.05, 3.63) is 51.9 Å². The number of aromatic nitrogens is 3. The lowest BCUT2D eigenvalue weighted by Crippen LogP contribution is -2.39. The van der Waals surface area contributed by atoms with Gasteiger partial charge in [-0.25, -0.2) is 4.98 Å². The van der Waals surface area contributed by atoms with Crippen molar-refractivity contribution in [2.45, 2.75) is 58.7 Å². The van der Waals surface area contributed by atoms with Crippen LogP contribution in [-0.4, -0.2) is 66.2 Å². The summed E-state index contributed by atoms with van der Waals surface area (Å²) < 4.78 is 20.1. The van der Waals surface area contributed by atoms with Gasteiger partial charge in [0, 0.05) is 38.6 Å². The Morgan fingerprint density at radius 3 is 2.43 bits per heavy atom. The van der Waals surface area contributed by atoms with Crippen LogP contribution in [0.2, 0.25) is 0 Å². The van der Waals surface area contributed by atoms with Crippen LogP contribution in [0.4, 0.5) is 0 Å². The van der Waals surface area contributed by atoms with Gasteiger partial charge in [0.05, 0.1) is 36.4 Å². The minimum atomic E-state index is -0.325. The van der Waals surface area contributed by atoms with E-state index in [4.69, 9.17) is 19.2 Å². The first-order valence-corrected chi connectivity index (χ1v) is 12.8. The summed E-state index contributed by atoms with van der Waals surface area (Å²) in [5.41, 5.74) is 4.39. The maximum Gasteiger partial charge on any atom is 0.323 e. The topological polar surface area (TPSA) is 96.6 Å². The molecule has 0 aliphatic rings. The first kappa shape index (κ1) is 28.6. The van der Waals surface area contributed by atoms with Gasteiger partial charge in [-0.3, -0.25) is 9.59 Å². The van der Waals surface area contributed by atoms with E-state index >= 15 is 0 Å². The van der Waals surface area contributed by atoms with Crippen LogP contribution in [0.5, 0.6) is 0 Å². The molecule has 1 atom stereocenters. The lowest BCUT2D eigenvalue weighted by atomic mass is 10.1. The van der Waals surface area contributed by atoms with Gasteiger partial charge in [0.2, 0.25) is 0 Å². The highest BCUT2D eigenvalue weighted by molar-refractivity contribution is 5.81. The fraction of sp³-hybridized carbons (Fsp3) is 0.536. The Balaban J connectivity index is 1.95. The number of rotatable bonds is 13. The maximum atomic E-state index is 12.3. The molecular weight excluding hydrogens is 472 g/mol. The SMILES string of the molecule is CCC(NCCc1ccc2c(c1)nc(-c1cc(C)c(=O)n(C)c1)n2C(COC)COC)C(=O)OC(C)C. The smallest absolute Gasteiger partial charge is 0.323 e. The third-order valence-corrected chi connectivity index (χ3v) is 6.31. The third-order valence-electron chi connectivity index (χ3n) is 6.31. The molecule has 0 fully saturated rings. The number of nitrogens with one attached hydrogen (secondary N) is 1. The molecule has 3 rings (SSSR count). The van der Waals surface area contributed by atoms with E-state index in [2.05, 4.69) is 28.1 Å². The zero-order chi connectivity index (χ0) is 27.1. The predicted octanol–water partition coefficient (Wildman–Crippen LogP) is 3.41. The largest absolute Gasteiger partial charge is 0.462 e. The number of pyridine rings is 1. The number of carbonyl (C=O) groups excluding carboxylic acids is 1. The molecule has 3 aromatic rings. The van der Waals surface area contributed by atoms with Crippen LogP contribution in [-0.2, 0) is 32.5 Å². The Labute approximate surface area is 218 Å². The van der Waals surface area contributed by atoms with Crippen LogP contribution in [0.3, 0.4) is 0 Å². The van der Waals surface area contributed by atoms with E-state index in [1.165, 1.54) is 0 Å². The van der Waals surface area contributed by atoms with E-state index in [-0.39, 0.29) is 29.7 Å². The number of aryl methyl sites for hydroxylation is 2. The molecule has 0 saturated carbocycles. The van der Waals surface area contributed by atoms with Crippen LogP contribution >= 0.6 is 0 Å². The summed E-state index contributed by atoms with van der Waals surface area (Å²) in [6.45, 7) is 9.03. The monoisotopic (exact) mass is 512 g/mol. The number of ether oxygens (including phenoxy) is 3. The fourth-order valence-electron chi connectivity index (χ4n) is 4.55. The number of hydrogen-bond donors (Lipinski definition) is 1. The zero-order valence-corrected chi connectivity index (χ0v) is 23.0. The molecule has 9 nitrogen and oxygen atoms in total. The van der Waals surface area contributed by atoms with Crippen LogP contribution in [0.1, 0.15) is 44.4 Å². The lowest BCUT2D eigenvalue weighted by molar-refractivity contribution is -0.150. The van der Waals surface area contributed by atoms with Gasteiger partial charge in [-0.05, 0) is 63.9 Å². The lowest BCUT2D eigenvalue weighted by Gasteiger charge is -2.21. The molecule has 0 bridgehead atoms. The molecule has 1 N–H and O–H groups in total. The molecule has 2 aromatic heterocycles. The van der Waals surface area contributed by atoms with Crippen molar-refractivity contribution in [2.24, 2.45) is 7.05 Å². The second-order valence-corrected chi connectivity index (χ2v) is 9.67. The number of carbonyl (C=O) groups is 1. The second-order valence-electron chi connectivity index (χ2n) is 9.67. The van der Waals surface area contributed by atoms with Crippen molar-refractivity contribution in [1.82, 2.24) is 19.4 Å². The van der Waals surface area contributed by atoms with E-state index in [1.807, 2.05) is 40.0 Å². The number of fused-ring (bicyclic) bond motifs is 1. The Morgan fingerprint density at radius 2 is 1.84 bits per heavy atom. The number of esters is 1. The van der Waals surface area contributed by atoms with Crippen molar-refractivity contribution < 1.29 is 19.0 Å². The van der Waals surface area contributed by atoms with Crippen LogP contribution in [0, 0.1) is 6.92 Å². The van der Waals surface area contributed by atoms with Gasteiger partial charge < -0.3 is 28.7 Å². The molecular formula is C28H40N4O5. The van der Waals surface area contributed by atoms with Crippen molar-refractivity contribution in [1.29, 1.82) is 0 Å². The van der Waals surface area contributed by atoms with E-state index in [0.717, 1.165) is 34.4 Å². The van der Waals surface area contributed by atoms with Gasteiger partial charge in [-0.2, -0.15) is 0 Å². The van der Waals surface area contributed by atoms with Crippen molar-refractivity contribution in [2.75, 3.05) is 34.0 Å². The summed E-state index contributed by atoms with van der Waals surface area (Å²) in [5, 5.41) is 3.32. The number of nitrogens with zero attached hydrogens (tertiary/aromatic N) is 3. The fourth-order valence-corrected chi connectivity index (χ4v) is 4.55. The van der Waals surface area contributed by atoms with Crippen molar-refractivity contribution in [3.8, 4) is 11.4 Å². The third kappa shape index (κ3) is 6.85. The van der Waals surface area contributed by atoms with Crippen LogP contribution < -0.4 is 10.9 Å². The molecule has 1 unspecified atom stereocenters. The first-order valence-electron chi connectivity index (χ1n) is 12.8. The average Bonchev–Trinajstić information content (AvgIpc) is 3.23. The Bertz CT molecular complexity index is 1230. The predicted molar refractivity (Wildman–Crippen MR) is 145 cm³/mol. The highest BCUT2D eigenvalue weighted by atomic mass is 16.5. The normalized spacial score (nSPS) is 12.6. The summed E-state index contributed by atoms with van der Waals surface area (Å²) in [6.07, 6.45) is 3.08. The molecule has 0 spiro atoms. The molecule has 0 saturated heterocycles. The van der Waals surface area contributed by atoms with Crippen LogP contribution in [0.25, 0.3) is 22.4 Å². The van der Waals surface area contributed by atoms with Gasteiger partial charge in [0.1, 0.15) is 11.9 Å². The Morgan fingerprint density at radius 1 is 1.14 bits per heavy atom. The molecule has 202 valence electrons. The Kier molecular flexibility index (Phi) is 10.0. The van der Waals surface area contributed by atoms with Gasteiger partial charge in [-0.1, -0.05) is 13.0 Å². The van der Waals surface area contributed by atoms with Crippen molar-refractivity contribution >= 4 is 17.0 Å². The molecule has 0 amide bonds. The highest BCUT2D eigenvalue weighted by Crippen LogP contribution is 2.30. The number of hydrogen-bond acceptors (Lipinski definition) is 7. The highest BCUT2D eigenvalue weighted by Gasteiger charge is 2.22. The van der Waals surface area contributed by atoms with E-state index in [0.29, 0.717) is 31.7 Å². The van der Waals surface area contributed by atoms with Crippen molar-refractivity contribution in [3.63, 3.8) is 0 Å². The first-order chi connectivity index (χ1) is 17.7. The van der Waals surface area contributed by atoms with E-state index in [1.54, 1.807) is 25.8 Å². The standard InChI is InChI=1S/C28H40N4O5/c1-8-23(28(34)37-18(2)3)29-12-11-20-9-10-25-24(14-20)30-26(32(25)22(16-35-6)17-36-7)21-13-19(4)27(33)31(5)15-21/h9-10,13-15,18,22-23,29H,8,11-12,16-17H2,1-7H3. The number of imidazole rings is 1. The molecule has 9 heteroatoms. The Hall–Kier alpha value is -3.01. The molecule has 1 aromatic carbocycles. The van der Waals surface area contributed by atoms with Gasteiger partial charge >= 0.3 is 5.97 Å². The molecule has 0 radical (unpaired) electrons. The summed E-state index contributed by atoms with van der Waals surface area (Å²) in [5.74, 6) is 0.539. The van der Waals surface area contributed by atoms with E-state index in [9.17, 15) is 9.59 Å². The maximum absolute atomic E-state index is 12.3. The molecule has 37 heavy (non-hydrogen) atoms. The minimum absolute atomic E-state index is 0.0332. The molecule has 2 heterocycles. The number of methoxy groups -OCH3 is 2. The van der Waals surface area contributed by atoms with E-state index < -0.39 is 0 Å². The van der Waals surface area contributed by atoms with Gasteiger partial charge in [0.25, 0.3) is 5.56 Å². The average molecular weight is 513 g/mol. The van der Waals surface area contributed by atoms with Crippen LogP contribution in [0.15, 0.2) is 35.3 Å². The summed E-state index contributed by atoms with van der Waals surface area (Å²) in [4.78, 5) is 29.6. The van der Waals surface area contributed by atoms with Gasteiger partial charge in [-0.15, -0.1) is 0 Å². The zero-order valence-electron chi connectivity index (χ0n) is 23.0.